The van der Waals surface area contributed by atoms with Crippen molar-refractivity contribution in [2.24, 2.45) is 10.2 Å². The van der Waals surface area contributed by atoms with Crippen molar-refractivity contribution in [3.8, 4) is 0 Å². The summed E-state index contributed by atoms with van der Waals surface area (Å²) in [7, 11) is 0. The molecule has 0 aliphatic carbocycles. The van der Waals surface area contributed by atoms with E-state index in [-0.39, 0.29) is 18.4 Å². The number of hydrogen-bond donors (Lipinski definition) is 2. The minimum Gasteiger partial charge on any atom is -0.481 e. The second-order valence-electron chi connectivity index (χ2n) is 4.48. The Labute approximate surface area is 83.9 Å². The van der Waals surface area contributed by atoms with E-state index in [0.29, 0.717) is 0 Å². The molecule has 0 radical (unpaired) electrons. The standard InChI is InChI=1S/C9H18N2O3/c1-8(2,3)10-11-9(4,14)6-5-7(12)13/h14H,5-6H2,1-4H3,(H,12,13). The van der Waals surface area contributed by atoms with Gasteiger partial charge in [-0.2, -0.15) is 10.2 Å². The molecule has 0 bridgehead atoms. The highest BCUT2D eigenvalue weighted by Gasteiger charge is 2.21. The van der Waals surface area contributed by atoms with E-state index in [4.69, 9.17) is 5.11 Å². The minimum absolute atomic E-state index is 0.0713. The molecule has 0 saturated carbocycles. The van der Waals surface area contributed by atoms with Gasteiger partial charge in [-0.05, 0) is 27.7 Å². The zero-order chi connectivity index (χ0) is 11.4. The van der Waals surface area contributed by atoms with Crippen LogP contribution in [0, 0.1) is 0 Å². The number of carbonyl (C=O) groups is 1. The van der Waals surface area contributed by atoms with E-state index in [0.717, 1.165) is 0 Å². The maximum absolute atomic E-state index is 10.3. The quantitative estimate of drug-likeness (QED) is 0.682. The zero-order valence-electron chi connectivity index (χ0n) is 9.11. The minimum atomic E-state index is -1.38. The largest absolute Gasteiger partial charge is 0.481 e. The van der Waals surface area contributed by atoms with Crippen molar-refractivity contribution in [3.63, 3.8) is 0 Å². The number of aliphatic carboxylic acids is 1. The molecule has 5 nitrogen and oxygen atoms in total. The van der Waals surface area contributed by atoms with Crippen molar-refractivity contribution in [2.75, 3.05) is 0 Å². The lowest BCUT2D eigenvalue weighted by atomic mass is 10.1. The third-order valence-corrected chi connectivity index (χ3v) is 1.38. The van der Waals surface area contributed by atoms with Gasteiger partial charge >= 0.3 is 5.97 Å². The third-order valence-electron chi connectivity index (χ3n) is 1.38. The van der Waals surface area contributed by atoms with Crippen LogP contribution in [0.25, 0.3) is 0 Å². The van der Waals surface area contributed by atoms with Gasteiger partial charge in [0, 0.05) is 6.42 Å². The summed E-state index contributed by atoms with van der Waals surface area (Å²) in [4.78, 5) is 10.3. The molecular weight excluding hydrogens is 184 g/mol. The number of carboxylic acids is 1. The Balaban J connectivity index is 4.20. The Hall–Kier alpha value is -0.970. The normalized spacial score (nSPS) is 16.9. The second kappa shape index (κ2) is 4.50. The summed E-state index contributed by atoms with van der Waals surface area (Å²) in [5, 5.41) is 25.6. The van der Waals surface area contributed by atoms with Gasteiger partial charge < -0.3 is 10.2 Å². The summed E-state index contributed by atoms with van der Waals surface area (Å²) in [6.45, 7) is 7.00. The summed E-state index contributed by atoms with van der Waals surface area (Å²) in [6.07, 6.45) is -0.0436. The number of rotatable bonds is 4. The highest BCUT2D eigenvalue weighted by molar-refractivity contribution is 5.66. The Morgan fingerprint density at radius 3 is 2.07 bits per heavy atom. The molecule has 1 atom stereocenters. The molecule has 0 aromatic heterocycles. The number of hydrogen-bond acceptors (Lipinski definition) is 4. The Morgan fingerprint density at radius 2 is 1.71 bits per heavy atom. The maximum atomic E-state index is 10.3. The molecule has 0 amide bonds. The third kappa shape index (κ3) is 7.67. The van der Waals surface area contributed by atoms with Gasteiger partial charge in [-0.15, -0.1) is 0 Å². The van der Waals surface area contributed by atoms with E-state index in [1.165, 1.54) is 6.92 Å². The number of azo groups is 1. The van der Waals surface area contributed by atoms with Gasteiger partial charge in [-0.25, -0.2) is 0 Å². The molecule has 0 aliphatic heterocycles. The van der Waals surface area contributed by atoms with E-state index in [9.17, 15) is 9.90 Å². The molecule has 2 N–H and O–H groups in total. The number of carboxylic acid groups (broad SMARTS) is 1. The molecule has 0 aromatic rings. The molecule has 1 unspecified atom stereocenters. The monoisotopic (exact) mass is 202 g/mol. The first-order chi connectivity index (χ1) is 6.12. The van der Waals surface area contributed by atoms with Crippen molar-refractivity contribution < 1.29 is 15.0 Å². The van der Waals surface area contributed by atoms with E-state index < -0.39 is 11.7 Å². The average molecular weight is 202 g/mol. The molecule has 14 heavy (non-hydrogen) atoms. The van der Waals surface area contributed by atoms with Crippen molar-refractivity contribution in [1.82, 2.24) is 0 Å². The number of nitrogens with zero attached hydrogens (tertiary/aromatic N) is 2. The van der Waals surface area contributed by atoms with E-state index in [1.54, 1.807) is 0 Å². The fourth-order valence-electron chi connectivity index (χ4n) is 0.651. The molecule has 0 aliphatic rings. The van der Waals surface area contributed by atoms with Crippen molar-refractivity contribution >= 4 is 5.97 Å². The van der Waals surface area contributed by atoms with Crippen LogP contribution in [0.2, 0.25) is 0 Å². The predicted octanol–water partition coefficient (Wildman–Crippen LogP) is 1.81. The van der Waals surface area contributed by atoms with Gasteiger partial charge in [-0.1, -0.05) is 0 Å². The van der Waals surface area contributed by atoms with Crippen LogP contribution in [0.5, 0.6) is 0 Å². The fraction of sp³-hybridized carbons (Fsp3) is 0.889. The van der Waals surface area contributed by atoms with Crippen LogP contribution in [-0.2, 0) is 4.79 Å². The topological polar surface area (TPSA) is 82.2 Å². The zero-order valence-corrected chi connectivity index (χ0v) is 9.11. The summed E-state index contributed by atoms with van der Waals surface area (Å²) in [5.41, 5.74) is -1.74. The van der Waals surface area contributed by atoms with Crippen LogP contribution in [0.4, 0.5) is 0 Å². The first kappa shape index (κ1) is 13.0. The Bertz CT molecular complexity index is 229. The highest BCUT2D eigenvalue weighted by Crippen LogP contribution is 2.17. The lowest BCUT2D eigenvalue weighted by Gasteiger charge is -2.18. The van der Waals surface area contributed by atoms with Gasteiger partial charge in [0.15, 0.2) is 5.72 Å². The van der Waals surface area contributed by atoms with E-state index >= 15 is 0 Å². The van der Waals surface area contributed by atoms with Gasteiger partial charge in [0.25, 0.3) is 0 Å². The average Bonchev–Trinajstić information content (AvgIpc) is 1.97. The molecular formula is C9H18N2O3. The van der Waals surface area contributed by atoms with Crippen LogP contribution < -0.4 is 0 Å². The SMILES string of the molecule is CC(C)(C)N=NC(C)(O)CCC(=O)O. The maximum Gasteiger partial charge on any atom is 0.303 e. The van der Waals surface area contributed by atoms with Gasteiger partial charge in [-0.3, -0.25) is 4.79 Å². The molecule has 0 fully saturated rings. The van der Waals surface area contributed by atoms with Crippen molar-refractivity contribution in [2.45, 2.75) is 51.8 Å². The van der Waals surface area contributed by atoms with Crippen LogP contribution in [0.15, 0.2) is 10.2 Å². The lowest BCUT2D eigenvalue weighted by Crippen LogP contribution is -2.23. The number of aliphatic hydroxyl groups is 1. The molecule has 82 valence electrons. The van der Waals surface area contributed by atoms with Gasteiger partial charge in [0.05, 0.1) is 12.0 Å². The molecule has 5 heteroatoms. The van der Waals surface area contributed by atoms with Crippen LogP contribution in [-0.4, -0.2) is 27.4 Å². The summed E-state index contributed by atoms with van der Waals surface area (Å²) in [5.74, 6) is -0.948. The molecule has 0 heterocycles. The first-order valence-electron chi connectivity index (χ1n) is 4.51. The van der Waals surface area contributed by atoms with Crippen LogP contribution in [0.3, 0.4) is 0 Å². The lowest BCUT2D eigenvalue weighted by molar-refractivity contribution is -0.138. The van der Waals surface area contributed by atoms with Crippen molar-refractivity contribution in [1.29, 1.82) is 0 Å². The molecule has 0 aromatic carbocycles. The summed E-state index contributed by atoms with van der Waals surface area (Å²) < 4.78 is 0. The van der Waals surface area contributed by atoms with E-state index in [1.807, 2.05) is 20.8 Å². The fourth-order valence-corrected chi connectivity index (χ4v) is 0.651. The van der Waals surface area contributed by atoms with Crippen LogP contribution in [0.1, 0.15) is 40.5 Å². The Kier molecular flexibility index (Phi) is 4.19. The van der Waals surface area contributed by atoms with Crippen LogP contribution >= 0.6 is 0 Å². The van der Waals surface area contributed by atoms with Gasteiger partial charge in [0.1, 0.15) is 0 Å². The van der Waals surface area contributed by atoms with E-state index in [2.05, 4.69) is 10.2 Å². The Morgan fingerprint density at radius 1 is 1.21 bits per heavy atom. The van der Waals surface area contributed by atoms with Gasteiger partial charge in [0.2, 0.25) is 0 Å². The van der Waals surface area contributed by atoms with Crippen molar-refractivity contribution in [3.05, 3.63) is 0 Å². The smallest absolute Gasteiger partial charge is 0.303 e. The summed E-state index contributed by atoms with van der Waals surface area (Å²) >= 11 is 0. The molecule has 0 rings (SSSR count). The summed E-state index contributed by atoms with van der Waals surface area (Å²) in [6, 6.07) is 0. The molecule has 0 saturated heterocycles. The first-order valence-corrected chi connectivity index (χ1v) is 4.51. The highest BCUT2D eigenvalue weighted by atomic mass is 16.4. The second-order valence-corrected chi connectivity index (χ2v) is 4.48. The molecule has 0 spiro atoms. The predicted molar refractivity (Wildman–Crippen MR) is 52.1 cm³/mol.